The minimum Gasteiger partial charge on any atom is -0.496 e. The fraction of sp³-hybridized carbons (Fsp3) is 0.267. The van der Waals surface area contributed by atoms with Gasteiger partial charge in [-0.2, -0.15) is 0 Å². The quantitative estimate of drug-likeness (QED) is 0.599. The van der Waals surface area contributed by atoms with Gasteiger partial charge in [-0.15, -0.1) is 0 Å². The maximum Gasteiger partial charge on any atom is 0.251 e. The monoisotopic (exact) mass is 289 g/mol. The van der Waals surface area contributed by atoms with Crippen LogP contribution in [0, 0.1) is 6.92 Å². The van der Waals surface area contributed by atoms with Crippen molar-refractivity contribution in [3.05, 3.63) is 41.1 Å². The number of amides is 1. The van der Waals surface area contributed by atoms with Gasteiger partial charge in [-0.3, -0.25) is 14.6 Å². The predicted molar refractivity (Wildman–Crippen MR) is 81.8 cm³/mol. The molecule has 0 fully saturated rings. The first-order valence-corrected chi connectivity index (χ1v) is 6.33. The average molecular weight is 289 g/mol. The van der Waals surface area contributed by atoms with Gasteiger partial charge in [0.25, 0.3) is 5.91 Å². The van der Waals surface area contributed by atoms with Crippen LogP contribution in [0.25, 0.3) is 0 Å². The van der Waals surface area contributed by atoms with E-state index in [2.05, 4.69) is 10.3 Å². The highest BCUT2D eigenvalue weighted by Crippen LogP contribution is 2.18. The molecule has 0 spiro atoms. The molecule has 0 unspecified atom stereocenters. The normalized spacial score (nSPS) is 11.5. The summed E-state index contributed by atoms with van der Waals surface area (Å²) in [6.07, 6.45) is 2.81. The maximum atomic E-state index is 11.9. The van der Waals surface area contributed by atoms with Gasteiger partial charge in [0.1, 0.15) is 5.75 Å². The molecule has 0 aromatic heterocycles. The van der Waals surface area contributed by atoms with E-state index in [0.717, 1.165) is 5.56 Å². The lowest BCUT2D eigenvalue weighted by molar-refractivity contribution is -0.114. The molecule has 112 valence electrons. The van der Waals surface area contributed by atoms with Crippen molar-refractivity contribution in [1.82, 2.24) is 5.32 Å². The standard InChI is InChI=1S/C15H19N3O3/c1-10-8-11(4-5-14(10)21-3)15(20)18-9-13(19)12(16)6-7-17-2/h4-8H,9,16H2,1-3H3,(H,18,20). The van der Waals surface area contributed by atoms with Crippen molar-refractivity contribution in [3.63, 3.8) is 0 Å². The molecule has 6 heteroatoms. The van der Waals surface area contributed by atoms with Crippen molar-refractivity contribution in [2.45, 2.75) is 6.92 Å². The Morgan fingerprint density at radius 3 is 2.71 bits per heavy atom. The van der Waals surface area contributed by atoms with E-state index >= 15 is 0 Å². The van der Waals surface area contributed by atoms with Crippen molar-refractivity contribution in [3.8, 4) is 5.75 Å². The number of hydrogen-bond donors (Lipinski definition) is 2. The molecule has 0 aliphatic rings. The number of allylic oxidation sites excluding steroid dienone is 1. The van der Waals surface area contributed by atoms with Crippen LogP contribution < -0.4 is 15.8 Å². The fourth-order valence-electron chi connectivity index (χ4n) is 1.63. The van der Waals surface area contributed by atoms with E-state index < -0.39 is 0 Å². The van der Waals surface area contributed by atoms with Crippen molar-refractivity contribution < 1.29 is 14.3 Å². The largest absolute Gasteiger partial charge is 0.496 e. The van der Waals surface area contributed by atoms with E-state index in [1.165, 1.54) is 12.3 Å². The van der Waals surface area contributed by atoms with Crippen LogP contribution in [-0.2, 0) is 4.79 Å². The molecule has 1 aromatic rings. The number of nitrogens with one attached hydrogen (secondary N) is 1. The molecule has 3 N–H and O–H groups in total. The van der Waals surface area contributed by atoms with E-state index in [1.807, 2.05) is 6.92 Å². The zero-order valence-electron chi connectivity index (χ0n) is 12.3. The first kappa shape index (κ1) is 16.4. The van der Waals surface area contributed by atoms with Crippen LogP contribution in [-0.4, -0.2) is 38.6 Å². The third kappa shape index (κ3) is 4.76. The number of ketones is 1. The molecule has 0 heterocycles. The number of hydrogen-bond acceptors (Lipinski definition) is 5. The van der Waals surface area contributed by atoms with Crippen LogP contribution in [0.4, 0.5) is 0 Å². The van der Waals surface area contributed by atoms with Crippen molar-refractivity contribution in [1.29, 1.82) is 0 Å². The van der Waals surface area contributed by atoms with Gasteiger partial charge in [-0.05, 0) is 36.8 Å². The Bertz CT molecular complexity index is 592. The average Bonchev–Trinajstić information content (AvgIpc) is 2.49. The Morgan fingerprint density at radius 2 is 2.14 bits per heavy atom. The van der Waals surface area contributed by atoms with Crippen LogP contribution in [0.5, 0.6) is 5.75 Å². The number of nitrogens with two attached hydrogens (primary N) is 1. The van der Waals surface area contributed by atoms with Crippen LogP contribution in [0.15, 0.2) is 35.0 Å². The number of methoxy groups -OCH3 is 1. The van der Waals surface area contributed by atoms with Gasteiger partial charge in [0.05, 0.1) is 19.4 Å². The lowest BCUT2D eigenvalue weighted by Crippen LogP contribution is -2.32. The van der Waals surface area contributed by atoms with Gasteiger partial charge < -0.3 is 15.8 Å². The molecule has 1 amide bonds. The molecule has 1 rings (SSSR count). The summed E-state index contributed by atoms with van der Waals surface area (Å²) in [5.74, 6) is -0.00629. The number of benzene rings is 1. The Hall–Kier alpha value is -2.63. The van der Waals surface area contributed by atoms with E-state index in [-0.39, 0.29) is 23.9 Å². The lowest BCUT2D eigenvalue weighted by atomic mass is 10.1. The van der Waals surface area contributed by atoms with Crippen molar-refractivity contribution in [2.75, 3.05) is 20.7 Å². The zero-order valence-corrected chi connectivity index (χ0v) is 12.3. The number of rotatable bonds is 6. The summed E-state index contributed by atoms with van der Waals surface area (Å²) in [7, 11) is 3.14. The molecule has 6 nitrogen and oxygen atoms in total. The summed E-state index contributed by atoms with van der Waals surface area (Å²) >= 11 is 0. The number of aliphatic imine (C=N–C) groups is 1. The smallest absolute Gasteiger partial charge is 0.251 e. The van der Waals surface area contributed by atoms with E-state index in [4.69, 9.17) is 10.5 Å². The van der Waals surface area contributed by atoms with E-state index in [1.54, 1.807) is 32.4 Å². The highest BCUT2D eigenvalue weighted by atomic mass is 16.5. The van der Waals surface area contributed by atoms with Gasteiger partial charge in [0.15, 0.2) is 5.78 Å². The molecule has 0 saturated carbocycles. The Kier molecular flexibility index (Phi) is 6.13. The third-order valence-corrected chi connectivity index (χ3v) is 2.79. The Labute approximate surface area is 123 Å². The highest BCUT2D eigenvalue weighted by Gasteiger charge is 2.11. The highest BCUT2D eigenvalue weighted by molar-refractivity contribution is 6.03. The zero-order chi connectivity index (χ0) is 15.8. The summed E-state index contributed by atoms with van der Waals surface area (Å²) in [4.78, 5) is 27.3. The van der Waals surface area contributed by atoms with Crippen LogP contribution >= 0.6 is 0 Å². The summed E-state index contributed by atoms with van der Waals surface area (Å²) < 4.78 is 5.12. The molecular formula is C15H19N3O3. The predicted octanol–water partition coefficient (Wildman–Crippen LogP) is 0.846. The summed E-state index contributed by atoms with van der Waals surface area (Å²) in [5.41, 5.74) is 6.89. The molecule has 0 aliphatic heterocycles. The molecule has 0 saturated heterocycles. The fourth-order valence-corrected chi connectivity index (χ4v) is 1.63. The maximum absolute atomic E-state index is 11.9. The van der Waals surface area contributed by atoms with E-state index in [0.29, 0.717) is 11.3 Å². The van der Waals surface area contributed by atoms with Gasteiger partial charge in [-0.25, -0.2) is 0 Å². The minimum absolute atomic E-state index is 0.0480. The second kappa shape index (κ2) is 7.84. The molecule has 0 aliphatic carbocycles. The van der Waals surface area contributed by atoms with Crippen LogP contribution in [0.2, 0.25) is 0 Å². The van der Waals surface area contributed by atoms with E-state index in [9.17, 15) is 9.59 Å². The molecule has 1 aromatic carbocycles. The molecular weight excluding hydrogens is 270 g/mol. The third-order valence-electron chi connectivity index (χ3n) is 2.79. The minimum atomic E-state index is -0.367. The lowest BCUT2D eigenvalue weighted by Gasteiger charge is -2.08. The van der Waals surface area contributed by atoms with Crippen molar-refractivity contribution in [2.24, 2.45) is 10.7 Å². The Balaban J connectivity index is 2.66. The summed E-state index contributed by atoms with van der Waals surface area (Å²) in [6, 6.07) is 5.04. The van der Waals surface area contributed by atoms with Gasteiger partial charge >= 0.3 is 0 Å². The van der Waals surface area contributed by atoms with Gasteiger partial charge in [0.2, 0.25) is 0 Å². The van der Waals surface area contributed by atoms with Crippen LogP contribution in [0.1, 0.15) is 15.9 Å². The molecule has 0 atom stereocenters. The number of aryl methyl sites for hydroxylation is 1. The van der Waals surface area contributed by atoms with Gasteiger partial charge in [-0.1, -0.05) is 0 Å². The number of nitrogens with zero attached hydrogens (tertiary/aromatic N) is 1. The number of ether oxygens (including phenoxy) is 1. The number of carbonyl (C=O) groups excluding carboxylic acids is 2. The summed E-state index contributed by atoms with van der Waals surface area (Å²) in [5, 5.41) is 2.53. The molecule has 0 bridgehead atoms. The van der Waals surface area contributed by atoms with Crippen LogP contribution in [0.3, 0.4) is 0 Å². The molecule has 0 radical (unpaired) electrons. The second-order valence-electron chi connectivity index (χ2n) is 4.32. The molecule has 21 heavy (non-hydrogen) atoms. The number of Topliss-reactive ketones (excluding diaryl/α,β-unsaturated/α-hetero) is 1. The first-order valence-electron chi connectivity index (χ1n) is 6.33. The first-order chi connectivity index (χ1) is 9.99. The Morgan fingerprint density at radius 1 is 1.43 bits per heavy atom. The van der Waals surface area contributed by atoms with Crippen molar-refractivity contribution >= 4 is 17.9 Å². The van der Waals surface area contributed by atoms with Gasteiger partial charge in [0, 0.05) is 18.8 Å². The summed E-state index contributed by atoms with van der Waals surface area (Å²) in [6.45, 7) is 1.68. The SMILES string of the molecule is CN=CC=C(N)C(=O)CNC(=O)c1ccc(OC)c(C)c1. The second-order valence-corrected chi connectivity index (χ2v) is 4.32. The number of carbonyl (C=O) groups is 2. The topological polar surface area (TPSA) is 93.8 Å².